The number of rotatable bonds is 5. The Labute approximate surface area is 173 Å². The lowest BCUT2D eigenvalue weighted by Gasteiger charge is -2.28. The van der Waals surface area contributed by atoms with Crippen LogP contribution in [0.5, 0.6) is 0 Å². The van der Waals surface area contributed by atoms with Crippen molar-refractivity contribution in [3.63, 3.8) is 0 Å². The van der Waals surface area contributed by atoms with Crippen molar-refractivity contribution in [2.45, 2.75) is 33.4 Å². The van der Waals surface area contributed by atoms with Crippen LogP contribution in [-0.2, 0) is 11.3 Å². The molecule has 0 aromatic heterocycles. The van der Waals surface area contributed by atoms with Crippen molar-refractivity contribution in [3.8, 4) is 0 Å². The van der Waals surface area contributed by atoms with Gasteiger partial charge in [-0.2, -0.15) is 0 Å². The van der Waals surface area contributed by atoms with E-state index >= 15 is 0 Å². The summed E-state index contributed by atoms with van der Waals surface area (Å²) in [5.41, 5.74) is 9.10. The zero-order chi connectivity index (χ0) is 22.0. The second kappa shape index (κ2) is 8.36. The summed E-state index contributed by atoms with van der Waals surface area (Å²) in [6.07, 6.45) is 0. The quantitative estimate of drug-likeness (QED) is 0.607. The second-order valence-electron chi connectivity index (χ2n) is 7.23. The maximum absolute atomic E-state index is 14.4. The largest absolute Gasteiger partial charge is 0.366 e. The summed E-state index contributed by atoms with van der Waals surface area (Å²) < 4.78 is 14.4. The molecule has 7 nitrogen and oxygen atoms in total. The van der Waals surface area contributed by atoms with Gasteiger partial charge in [0.2, 0.25) is 5.91 Å². The molecule has 0 bridgehead atoms. The molecule has 1 heterocycles. The second-order valence-corrected chi connectivity index (χ2v) is 7.23. The number of hydrogen-bond acceptors (Lipinski definition) is 3. The molecule has 1 aliphatic heterocycles. The molecule has 0 saturated heterocycles. The van der Waals surface area contributed by atoms with E-state index in [2.05, 4.69) is 16.0 Å². The number of benzene rings is 2. The summed E-state index contributed by atoms with van der Waals surface area (Å²) in [4.78, 5) is 36.4. The van der Waals surface area contributed by atoms with Crippen molar-refractivity contribution >= 4 is 17.8 Å². The Hall–Kier alpha value is -3.68. The molecule has 0 aliphatic carbocycles. The fourth-order valence-electron chi connectivity index (χ4n) is 3.56. The zero-order valence-electron chi connectivity index (χ0n) is 16.9. The number of carbonyl (C=O) groups excluding carboxylic acids is 3. The smallest absolute Gasteiger partial charge is 0.319 e. The Morgan fingerprint density at radius 1 is 1.13 bits per heavy atom. The summed E-state index contributed by atoms with van der Waals surface area (Å²) in [5, 5.41) is 7.81. The first kappa shape index (κ1) is 21.0. The van der Waals surface area contributed by atoms with Crippen molar-refractivity contribution < 1.29 is 18.8 Å². The average Bonchev–Trinajstić information content (AvgIpc) is 2.66. The molecule has 156 valence electrons. The van der Waals surface area contributed by atoms with Gasteiger partial charge < -0.3 is 21.7 Å². The van der Waals surface area contributed by atoms with E-state index in [-0.39, 0.29) is 17.7 Å². The third kappa shape index (κ3) is 4.17. The third-order valence-electron chi connectivity index (χ3n) is 5.17. The van der Waals surface area contributed by atoms with Gasteiger partial charge in [0.15, 0.2) is 0 Å². The van der Waals surface area contributed by atoms with Crippen molar-refractivity contribution in [2.24, 2.45) is 5.73 Å². The lowest BCUT2D eigenvalue weighted by Crippen LogP contribution is -2.46. The van der Waals surface area contributed by atoms with Gasteiger partial charge in [0.05, 0.1) is 17.2 Å². The number of allylic oxidation sites excluding steroid dienone is 1. The number of urea groups is 1. The Balaban J connectivity index is 1.89. The van der Waals surface area contributed by atoms with Crippen LogP contribution in [0.25, 0.3) is 0 Å². The maximum atomic E-state index is 14.4. The van der Waals surface area contributed by atoms with Crippen LogP contribution in [0, 0.1) is 19.7 Å². The van der Waals surface area contributed by atoms with Crippen molar-refractivity contribution in [1.82, 2.24) is 16.0 Å². The van der Waals surface area contributed by atoms with Crippen LogP contribution < -0.4 is 21.7 Å². The van der Waals surface area contributed by atoms with Gasteiger partial charge >= 0.3 is 6.03 Å². The van der Waals surface area contributed by atoms with E-state index in [1.807, 2.05) is 32.0 Å². The predicted octanol–water partition coefficient (Wildman–Crippen LogP) is 2.49. The number of halogens is 1. The van der Waals surface area contributed by atoms with Crippen LogP contribution in [0.3, 0.4) is 0 Å². The highest BCUT2D eigenvalue weighted by Crippen LogP contribution is 2.27. The molecule has 30 heavy (non-hydrogen) atoms. The highest BCUT2D eigenvalue weighted by Gasteiger charge is 2.30. The molecular formula is C22H23FN4O3. The molecule has 1 unspecified atom stereocenters. The van der Waals surface area contributed by atoms with E-state index in [0.29, 0.717) is 11.3 Å². The number of hydrogen-bond donors (Lipinski definition) is 4. The van der Waals surface area contributed by atoms with Crippen molar-refractivity contribution in [2.75, 3.05) is 0 Å². The Bertz CT molecular complexity index is 1060. The van der Waals surface area contributed by atoms with Gasteiger partial charge in [-0.05, 0) is 55.2 Å². The molecule has 8 heteroatoms. The standard InChI is InChI=1S/C22H23FN4O3/c1-11-5-4-6-12(2)16(11)10-25-21(29)15-9-14(7-8-17(15)23)19-18(20(24)28)13(3)26-22(30)27-19/h4-9,19H,10H2,1-3H3,(H2,24,28)(H,25,29)(H2,26,27,30). The SMILES string of the molecule is CC1=C(C(N)=O)C(c2ccc(F)c(C(=O)NCc3c(C)cccc3C)c2)NC(=O)N1. The summed E-state index contributed by atoms with van der Waals surface area (Å²) in [6, 6.07) is 8.26. The molecule has 1 aliphatic rings. The summed E-state index contributed by atoms with van der Waals surface area (Å²) in [5.74, 6) is -2.03. The fourth-order valence-corrected chi connectivity index (χ4v) is 3.56. The van der Waals surface area contributed by atoms with Crippen molar-refractivity contribution in [3.05, 3.63) is 81.3 Å². The third-order valence-corrected chi connectivity index (χ3v) is 5.17. The van der Waals surface area contributed by atoms with Crippen LogP contribution in [0.15, 0.2) is 47.7 Å². The van der Waals surface area contributed by atoms with E-state index in [1.165, 1.54) is 12.1 Å². The minimum atomic E-state index is -0.887. The van der Waals surface area contributed by atoms with Gasteiger partial charge in [-0.1, -0.05) is 24.3 Å². The number of primary amides is 1. The molecule has 5 N–H and O–H groups in total. The first-order chi connectivity index (χ1) is 14.2. The van der Waals surface area contributed by atoms with E-state index in [4.69, 9.17) is 5.73 Å². The van der Waals surface area contributed by atoms with E-state index in [1.54, 1.807) is 6.92 Å². The van der Waals surface area contributed by atoms with Crippen LogP contribution >= 0.6 is 0 Å². The van der Waals surface area contributed by atoms with Gasteiger partial charge in [-0.25, -0.2) is 9.18 Å². The van der Waals surface area contributed by atoms with Crippen LogP contribution in [0.1, 0.15) is 45.6 Å². The number of aryl methyl sites for hydroxylation is 2. The number of carbonyl (C=O) groups is 3. The number of nitrogens with one attached hydrogen (secondary N) is 3. The topological polar surface area (TPSA) is 113 Å². The van der Waals surface area contributed by atoms with Gasteiger partial charge in [0.1, 0.15) is 5.82 Å². The Morgan fingerprint density at radius 2 is 1.80 bits per heavy atom. The summed E-state index contributed by atoms with van der Waals surface area (Å²) in [7, 11) is 0. The minimum absolute atomic E-state index is 0.142. The van der Waals surface area contributed by atoms with Gasteiger partial charge in [0.25, 0.3) is 5.91 Å². The fraction of sp³-hybridized carbons (Fsp3) is 0.227. The van der Waals surface area contributed by atoms with E-state index < -0.39 is 29.7 Å². The maximum Gasteiger partial charge on any atom is 0.319 e. The first-order valence-electron chi connectivity index (χ1n) is 9.40. The monoisotopic (exact) mass is 410 g/mol. The van der Waals surface area contributed by atoms with Gasteiger partial charge in [-0.15, -0.1) is 0 Å². The molecule has 0 radical (unpaired) electrons. The minimum Gasteiger partial charge on any atom is -0.366 e. The average molecular weight is 410 g/mol. The molecule has 2 aromatic rings. The molecule has 1 atom stereocenters. The van der Waals surface area contributed by atoms with Crippen LogP contribution in [-0.4, -0.2) is 17.8 Å². The molecule has 0 fully saturated rings. The lowest BCUT2D eigenvalue weighted by atomic mass is 9.93. The predicted molar refractivity (Wildman–Crippen MR) is 110 cm³/mol. The van der Waals surface area contributed by atoms with Crippen molar-refractivity contribution in [1.29, 1.82) is 0 Å². The normalized spacial score (nSPS) is 16.0. The number of nitrogens with two attached hydrogens (primary N) is 1. The van der Waals surface area contributed by atoms with Gasteiger partial charge in [-0.3, -0.25) is 9.59 Å². The lowest BCUT2D eigenvalue weighted by molar-refractivity contribution is -0.115. The highest BCUT2D eigenvalue weighted by atomic mass is 19.1. The van der Waals surface area contributed by atoms with Crippen LogP contribution in [0.2, 0.25) is 0 Å². The van der Waals surface area contributed by atoms with Gasteiger partial charge in [0, 0.05) is 12.2 Å². The number of amides is 4. The van der Waals surface area contributed by atoms with E-state index in [0.717, 1.165) is 22.8 Å². The Kier molecular flexibility index (Phi) is 5.86. The van der Waals surface area contributed by atoms with E-state index in [9.17, 15) is 18.8 Å². The summed E-state index contributed by atoms with van der Waals surface area (Å²) in [6.45, 7) is 5.68. The van der Waals surface area contributed by atoms with Crippen LogP contribution in [0.4, 0.5) is 9.18 Å². The Morgan fingerprint density at radius 3 is 2.43 bits per heavy atom. The first-order valence-corrected chi connectivity index (χ1v) is 9.40. The molecule has 0 saturated carbocycles. The molecule has 2 aromatic carbocycles. The zero-order valence-corrected chi connectivity index (χ0v) is 16.9. The highest BCUT2D eigenvalue weighted by molar-refractivity contribution is 5.98. The molecule has 3 rings (SSSR count). The molecule has 0 spiro atoms. The molecule has 4 amide bonds. The molecular weight excluding hydrogens is 387 g/mol. The summed E-state index contributed by atoms with van der Waals surface area (Å²) >= 11 is 0.